The third-order valence-corrected chi connectivity index (χ3v) is 5.18. The number of benzene rings is 1. The summed E-state index contributed by atoms with van der Waals surface area (Å²) in [6.45, 7) is 0. The van der Waals surface area contributed by atoms with Gasteiger partial charge >= 0.3 is 0 Å². The highest BCUT2D eigenvalue weighted by Crippen LogP contribution is 2.24. The summed E-state index contributed by atoms with van der Waals surface area (Å²) in [7, 11) is 0. The zero-order chi connectivity index (χ0) is 16.7. The van der Waals surface area contributed by atoms with Crippen LogP contribution in [0, 0.1) is 0 Å². The minimum Gasteiger partial charge on any atom is -0.767 e. The van der Waals surface area contributed by atoms with Crippen LogP contribution in [0.25, 0.3) is 28.2 Å². The van der Waals surface area contributed by atoms with Crippen molar-refractivity contribution in [3.05, 3.63) is 58.3 Å². The Balaban J connectivity index is 1.87. The summed E-state index contributed by atoms with van der Waals surface area (Å²) in [6, 6.07) is 11.3. The number of H-pyrrole nitrogens is 1. The van der Waals surface area contributed by atoms with E-state index in [-0.39, 0.29) is 15.7 Å². The second-order valence-electron chi connectivity index (χ2n) is 4.92. The Morgan fingerprint density at radius 1 is 1.21 bits per heavy atom. The standard InChI is InChI=1S/C15H10N4O3S2/c20-14-12-10(9-4-2-1-3-5-9)6-7-19(12)18-13(17-14)11-8-23-15(16-11)24(21)22/h1-8H,(H,21,22)(H,17,18,20)/p-1. The van der Waals surface area contributed by atoms with Gasteiger partial charge in [0.05, 0.1) is 0 Å². The molecule has 9 heteroatoms. The van der Waals surface area contributed by atoms with Gasteiger partial charge in [-0.05, 0) is 11.6 Å². The van der Waals surface area contributed by atoms with Gasteiger partial charge in [0, 0.05) is 28.2 Å². The van der Waals surface area contributed by atoms with E-state index in [1.165, 1.54) is 9.90 Å². The van der Waals surface area contributed by atoms with Crippen LogP contribution in [-0.2, 0) is 11.1 Å². The molecule has 0 aliphatic carbocycles. The number of rotatable bonds is 3. The maximum absolute atomic E-state index is 12.5. The molecule has 24 heavy (non-hydrogen) atoms. The molecule has 3 aromatic heterocycles. The van der Waals surface area contributed by atoms with E-state index in [9.17, 15) is 13.6 Å². The van der Waals surface area contributed by atoms with Crippen LogP contribution in [0.3, 0.4) is 0 Å². The fourth-order valence-electron chi connectivity index (χ4n) is 2.44. The second-order valence-corrected chi connectivity index (χ2v) is 6.90. The van der Waals surface area contributed by atoms with Gasteiger partial charge in [-0.25, -0.2) is 9.50 Å². The predicted molar refractivity (Wildman–Crippen MR) is 89.5 cm³/mol. The van der Waals surface area contributed by atoms with Gasteiger partial charge in [0.1, 0.15) is 11.2 Å². The van der Waals surface area contributed by atoms with Gasteiger partial charge in [0.25, 0.3) is 5.56 Å². The van der Waals surface area contributed by atoms with Crippen molar-refractivity contribution in [2.24, 2.45) is 0 Å². The van der Waals surface area contributed by atoms with Crippen molar-refractivity contribution in [3.8, 4) is 22.6 Å². The molecule has 4 aromatic rings. The molecule has 0 aliphatic rings. The molecule has 120 valence electrons. The molecule has 4 rings (SSSR count). The highest BCUT2D eigenvalue weighted by molar-refractivity contribution is 7.81. The molecule has 0 saturated heterocycles. The van der Waals surface area contributed by atoms with Crippen LogP contribution in [0.4, 0.5) is 0 Å². The number of aromatic amines is 1. The van der Waals surface area contributed by atoms with Crippen LogP contribution in [0.5, 0.6) is 0 Å². The van der Waals surface area contributed by atoms with E-state index in [0.717, 1.165) is 22.5 Å². The molecule has 0 saturated carbocycles. The smallest absolute Gasteiger partial charge is 0.276 e. The van der Waals surface area contributed by atoms with Crippen LogP contribution >= 0.6 is 11.3 Å². The number of fused-ring (bicyclic) bond motifs is 1. The van der Waals surface area contributed by atoms with Crippen molar-refractivity contribution in [2.75, 3.05) is 0 Å². The van der Waals surface area contributed by atoms with Crippen LogP contribution in [0.2, 0.25) is 0 Å². The van der Waals surface area contributed by atoms with Gasteiger partial charge in [-0.1, -0.05) is 30.3 Å². The maximum Gasteiger partial charge on any atom is 0.276 e. The molecule has 3 heterocycles. The van der Waals surface area contributed by atoms with E-state index in [1.807, 2.05) is 36.4 Å². The first-order chi connectivity index (χ1) is 11.6. The molecule has 1 atom stereocenters. The summed E-state index contributed by atoms with van der Waals surface area (Å²) in [6.07, 6.45) is 1.69. The first-order valence-corrected chi connectivity index (χ1v) is 8.81. The van der Waals surface area contributed by atoms with E-state index >= 15 is 0 Å². The Morgan fingerprint density at radius 2 is 2.00 bits per heavy atom. The SMILES string of the molecule is O=c1[nH]c(-c2csc(S(=O)[O-])n2)nn2ccc(-c3ccccc3)c12. The van der Waals surface area contributed by atoms with Crippen LogP contribution < -0.4 is 5.56 Å². The molecular formula is C15H9N4O3S2-. The van der Waals surface area contributed by atoms with E-state index < -0.39 is 11.1 Å². The average molecular weight is 357 g/mol. The summed E-state index contributed by atoms with van der Waals surface area (Å²) in [5.74, 6) is 0.218. The van der Waals surface area contributed by atoms with Gasteiger partial charge in [-0.2, -0.15) is 0 Å². The lowest BCUT2D eigenvalue weighted by molar-refractivity contribution is 0.536. The van der Waals surface area contributed by atoms with Crippen molar-refractivity contribution in [1.29, 1.82) is 0 Å². The number of nitrogens with zero attached hydrogens (tertiary/aromatic N) is 3. The summed E-state index contributed by atoms with van der Waals surface area (Å²) < 4.78 is 23.3. The van der Waals surface area contributed by atoms with Crippen LogP contribution in [-0.4, -0.2) is 28.3 Å². The van der Waals surface area contributed by atoms with Crippen LogP contribution in [0.15, 0.2) is 57.1 Å². The Kier molecular flexibility index (Phi) is 3.60. The van der Waals surface area contributed by atoms with E-state index in [2.05, 4.69) is 15.1 Å². The zero-order valence-electron chi connectivity index (χ0n) is 12.0. The molecule has 1 N–H and O–H groups in total. The minimum absolute atomic E-state index is 0.0507. The summed E-state index contributed by atoms with van der Waals surface area (Å²) >= 11 is -1.43. The quantitative estimate of drug-likeness (QED) is 0.565. The molecule has 1 aromatic carbocycles. The van der Waals surface area contributed by atoms with Gasteiger partial charge < -0.3 is 9.54 Å². The number of hydrogen-bond acceptors (Lipinski definition) is 6. The van der Waals surface area contributed by atoms with Crippen molar-refractivity contribution >= 4 is 27.9 Å². The number of nitrogens with one attached hydrogen (secondary N) is 1. The van der Waals surface area contributed by atoms with Crippen LogP contribution in [0.1, 0.15) is 0 Å². The van der Waals surface area contributed by atoms with Crippen molar-refractivity contribution in [2.45, 2.75) is 4.34 Å². The minimum atomic E-state index is -2.40. The molecule has 1 unspecified atom stereocenters. The normalized spacial score (nSPS) is 12.5. The highest BCUT2D eigenvalue weighted by atomic mass is 32.2. The van der Waals surface area contributed by atoms with Crippen molar-refractivity contribution < 1.29 is 8.76 Å². The lowest BCUT2D eigenvalue weighted by atomic mass is 10.1. The van der Waals surface area contributed by atoms with Gasteiger partial charge in [-0.3, -0.25) is 9.00 Å². The predicted octanol–water partition coefficient (Wildman–Crippen LogP) is 2.05. The lowest BCUT2D eigenvalue weighted by Crippen LogP contribution is -2.14. The molecule has 0 fully saturated rings. The first-order valence-electron chi connectivity index (χ1n) is 6.86. The average Bonchev–Trinajstić information content (AvgIpc) is 3.23. The third-order valence-electron chi connectivity index (χ3n) is 3.47. The zero-order valence-corrected chi connectivity index (χ0v) is 13.6. The van der Waals surface area contributed by atoms with Crippen molar-refractivity contribution in [1.82, 2.24) is 19.6 Å². The molecule has 0 aliphatic heterocycles. The Bertz CT molecular complexity index is 1110. The fraction of sp³-hybridized carbons (Fsp3) is 0. The summed E-state index contributed by atoms with van der Waals surface area (Å²) in [5.41, 5.74) is 2.11. The Morgan fingerprint density at radius 3 is 2.71 bits per heavy atom. The monoisotopic (exact) mass is 357 g/mol. The second kappa shape index (κ2) is 5.78. The topological polar surface area (TPSA) is 103 Å². The maximum atomic E-state index is 12.5. The van der Waals surface area contributed by atoms with Crippen molar-refractivity contribution in [3.63, 3.8) is 0 Å². The number of hydrogen-bond donors (Lipinski definition) is 1. The molecule has 0 radical (unpaired) electrons. The molecule has 7 nitrogen and oxygen atoms in total. The van der Waals surface area contributed by atoms with E-state index in [4.69, 9.17) is 0 Å². The number of thiazole rings is 1. The van der Waals surface area contributed by atoms with Gasteiger partial charge in [-0.15, -0.1) is 16.4 Å². The fourth-order valence-corrected chi connectivity index (χ4v) is 3.60. The first kappa shape index (κ1) is 14.9. The molecule has 0 spiro atoms. The molecule has 0 bridgehead atoms. The summed E-state index contributed by atoms with van der Waals surface area (Å²) in [5, 5.41) is 5.87. The largest absolute Gasteiger partial charge is 0.767 e. The Labute approximate surface area is 141 Å². The van der Waals surface area contributed by atoms with Gasteiger partial charge in [0.15, 0.2) is 10.2 Å². The Hall–Kier alpha value is -2.62. The summed E-state index contributed by atoms with van der Waals surface area (Å²) in [4.78, 5) is 19.1. The third kappa shape index (κ3) is 2.48. The molecular weight excluding hydrogens is 348 g/mol. The number of aromatic nitrogens is 4. The van der Waals surface area contributed by atoms with E-state index in [1.54, 1.807) is 6.20 Å². The highest BCUT2D eigenvalue weighted by Gasteiger charge is 2.14. The lowest BCUT2D eigenvalue weighted by Gasteiger charge is -2.02. The van der Waals surface area contributed by atoms with E-state index in [0.29, 0.717) is 11.2 Å². The molecule has 0 amide bonds. The van der Waals surface area contributed by atoms with Gasteiger partial charge in [0.2, 0.25) is 0 Å².